The molecule has 0 aliphatic rings. The smallest absolute Gasteiger partial charge is 0.163 e. The third kappa shape index (κ3) is 3.50. The van der Waals surface area contributed by atoms with Gasteiger partial charge in [0, 0.05) is 11.1 Å². The molecule has 0 bridgehead atoms. The minimum absolute atomic E-state index is 0.693. The van der Waals surface area contributed by atoms with Crippen LogP contribution in [0, 0.1) is 6.92 Å². The van der Waals surface area contributed by atoms with E-state index in [0.29, 0.717) is 17.5 Å². The summed E-state index contributed by atoms with van der Waals surface area (Å²) in [4.78, 5) is 14.0. The fraction of sp³-hybridized carbons (Fsp3) is 0.0385. The van der Waals surface area contributed by atoms with Crippen LogP contribution >= 0.6 is 0 Å². The Bertz CT molecular complexity index is 1310. The molecule has 0 saturated carbocycles. The summed E-state index contributed by atoms with van der Waals surface area (Å²) in [5.74, 6) is 2.10. The predicted octanol–water partition coefficient (Wildman–Crippen LogP) is 6.33. The zero-order valence-corrected chi connectivity index (χ0v) is 16.1. The molecule has 1 aromatic heterocycles. The molecule has 0 radical (unpaired) electrons. The molecule has 0 N–H and O–H groups in total. The quantitative estimate of drug-likeness (QED) is 0.371. The van der Waals surface area contributed by atoms with Gasteiger partial charge >= 0.3 is 0 Å². The number of hydrogen-bond donors (Lipinski definition) is 0. The minimum Gasteiger partial charge on any atom is -0.213 e. The average Bonchev–Trinajstić information content (AvgIpc) is 2.79. The van der Waals surface area contributed by atoms with Crippen molar-refractivity contribution in [3.05, 3.63) is 103 Å². The molecule has 0 saturated heterocycles. The van der Waals surface area contributed by atoms with Gasteiger partial charge in [-0.25, -0.2) is 15.0 Å². The van der Waals surface area contributed by atoms with Gasteiger partial charge in [-0.05, 0) is 41.0 Å². The van der Waals surface area contributed by atoms with Crippen molar-refractivity contribution in [2.75, 3.05) is 0 Å². The Kier molecular flexibility index (Phi) is 4.34. The van der Waals surface area contributed by atoms with Gasteiger partial charge in [-0.3, -0.25) is 0 Å². The standard InChI is InChI=1S/C26H19N3/c1-18-27-25(23-13-7-12-22(16-23)19-8-3-2-4-9-19)29-26(28-18)24-15-14-20-10-5-6-11-21(20)17-24/h2-17H,1H3. The summed E-state index contributed by atoms with van der Waals surface area (Å²) in [5, 5.41) is 2.38. The first kappa shape index (κ1) is 17.3. The number of aromatic nitrogens is 3. The molecule has 1 heterocycles. The molecule has 0 unspecified atom stereocenters. The molecule has 0 atom stereocenters. The van der Waals surface area contributed by atoms with Gasteiger partial charge in [0.25, 0.3) is 0 Å². The Morgan fingerprint density at radius 3 is 1.86 bits per heavy atom. The zero-order valence-electron chi connectivity index (χ0n) is 16.1. The van der Waals surface area contributed by atoms with E-state index in [1.165, 1.54) is 16.3 Å². The van der Waals surface area contributed by atoms with E-state index in [0.717, 1.165) is 16.7 Å². The van der Waals surface area contributed by atoms with Crippen molar-refractivity contribution in [1.29, 1.82) is 0 Å². The summed E-state index contributed by atoms with van der Waals surface area (Å²) in [6, 6.07) is 33.3. The molecule has 5 aromatic rings. The maximum atomic E-state index is 4.79. The second-order valence-electron chi connectivity index (χ2n) is 7.04. The van der Waals surface area contributed by atoms with Gasteiger partial charge in [0.05, 0.1) is 0 Å². The third-order valence-corrected chi connectivity index (χ3v) is 4.98. The van der Waals surface area contributed by atoms with Gasteiger partial charge in [0.2, 0.25) is 0 Å². The van der Waals surface area contributed by atoms with Crippen LogP contribution in [0.15, 0.2) is 97.1 Å². The Morgan fingerprint density at radius 1 is 0.448 bits per heavy atom. The Balaban J connectivity index is 1.59. The fourth-order valence-electron chi connectivity index (χ4n) is 3.54. The molecule has 3 heteroatoms. The van der Waals surface area contributed by atoms with Crippen LogP contribution < -0.4 is 0 Å². The largest absolute Gasteiger partial charge is 0.213 e. The first-order chi connectivity index (χ1) is 14.3. The van der Waals surface area contributed by atoms with Crippen molar-refractivity contribution in [2.24, 2.45) is 0 Å². The SMILES string of the molecule is Cc1nc(-c2cccc(-c3ccccc3)c2)nc(-c2ccc3ccccc3c2)n1. The molecular weight excluding hydrogens is 354 g/mol. The molecule has 138 valence electrons. The first-order valence-corrected chi connectivity index (χ1v) is 9.64. The predicted molar refractivity (Wildman–Crippen MR) is 118 cm³/mol. The van der Waals surface area contributed by atoms with E-state index in [9.17, 15) is 0 Å². The number of rotatable bonds is 3. The van der Waals surface area contributed by atoms with Crippen molar-refractivity contribution in [3.63, 3.8) is 0 Å². The van der Waals surface area contributed by atoms with E-state index in [2.05, 4.69) is 64.6 Å². The van der Waals surface area contributed by atoms with Crippen molar-refractivity contribution in [3.8, 4) is 33.9 Å². The Hall–Kier alpha value is -3.85. The van der Waals surface area contributed by atoms with E-state index in [1.807, 2.05) is 49.4 Å². The van der Waals surface area contributed by atoms with Crippen LogP contribution in [-0.4, -0.2) is 15.0 Å². The maximum absolute atomic E-state index is 4.79. The molecule has 0 aliphatic heterocycles. The highest BCUT2D eigenvalue weighted by molar-refractivity contribution is 5.86. The topological polar surface area (TPSA) is 38.7 Å². The second kappa shape index (κ2) is 7.28. The van der Waals surface area contributed by atoms with Gasteiger partial charge in [-0.2, -0.15) is 0 Å². The summed E-state index contributed by atoms with van der Waals surface area (Å²) in [6.07, 6.45) is 0. The molecule has 4 aromatic carbocycles. The fourth-order valence-corrected chi connectivity index (χ4v) is 3.54. The molecule has 0 aliphatic carbocycles. The maximum Gasteiger partial charge on any atom is 0.163 e. The van der Waals surface area contributed by atoms with E-state index in [-0.39, 0.29) is 0 Å². The highest BCUT2D eigenvalue weighted by atomic mass is 15.0. The summed E-state index contributed by atoms with van der Waals surface area (Å²) >= 11 is 0. The van der Waals surface area contributed by atoms with Gasteiger partial charge in [-0.1, -0.05) is 84.9 Å². The number of hydrogen-bond acceptors (Lipinski definition) is 3. The molecule has 29 heavy (non-hydrogen) atoms. The highest BCUT2D eigenvalue weighted by Crippen LogP contribution is 2.27. The summed E-state index contributed by atoms with van der Waals surface area (Å²) in [5.41, 5.74) is 4.30. The van der Waals surface area contributed by atoms with Gasteiger partial charge in [0.15, 0.2) is 11.6 Å². The van der Waals surface area contributed by atoms with Crippen LogP contribution in [-0.2, 0) is 0 Å². The number of fused-ring (bicyclic) bond motifs is 1. The zero-order chi connectivity index (χ0) is 19.6. The van der Waals surface area contributed by atoms with Crippen LogP contribution in [0.4, 0.5) is 0 Å². The van der Waals surface area contributed by atoms with Crippen molar-refractivity contribution in [2.45, 2.75) is 6.92 Å². The Labute approximate surface area is 169 Å². The van der Waals surface area contributed by atoms with Crippen molar-refractivity contribution in [1.82, 2.24) is 15.0 Å². The van der Waals surface area contributed by atoms with E-state index in [1.54, 1.807) is 0 Å². The molecule has 3 nitrogen and oxygen atoms in total. The van der Waals surface area contributed by atoms with Crippen LogP contribution in [0.5, 0.6) is 0 Å². The second-order valence-corrected chi connectivity index (χ2v) is 7.04. The molecule has 5 rings (SSSR count). The Morgan fingerprint density at radius 2 is 1.07 bits per heavy atom. The van der Waals surface area contributed by atoms with E-state index in [4.69, 9.17) is 4.98 Å². The summed E-state index contributed by atoms with van der Waals surface area (Å²) < 4.78 is 0. The lowest BCUT2D eigenvalue weighted by atomic mass is 10.0. The van der Waals surface area contributed by atoms with Crippen LogP contribution in [0.2, 0.25) is 0 Å². The number of benzene rings is 4. The molecular formula is C26H19N3. The van der Waals surface area contributed by atoms with Crippen molar-refractivity contribution < 1.29 is 0 Å². The van der Waals surface area contributed by atoms with Gasteiger partial charge in [-0.15, -0.1) is 0 Å². The van der Waals surface area contributed by atoms with Crippen LogP contribution in [0.3, 0.4) is 0 Å². The molecule has 0 spiro atoms. The summed E-state index contributed by atoms with van der Waals surface area (Å²) in [6.45, 7) is 1.91. The lowest BCUT2D eigenvalue weighted by Gasteiger charge is -2.08. The average molecular weight is 373 g/mol. The van der Waals surface area contributed by atoms with E-state index >= 15 is 0 Å². The van der Waals surface area contributed by atoms with Gasteiger partial charge < -0.3 is 0 Å². The first-order valence-electron chi connectivity index (χ1n) is 9.64. The van der Waals surface area contributed by atoms with Crippen LogP contribution in [0.1, 0.15) is 5.82 Å². The highest BCUT2D eigenvalue weighted by Gasteiger charge is 2.10. The lowest BCUT2D eigenvalue weighted by Crippen LogP contribution is -1.99. The molecule has 0 amide bonds. The van der Waals surface area contributed by atoms with E-state index < -0.39 is 0 Å². The normalized spacial score (nSPS) is 10.9. The van der Waals surface area contributed by atoms with Gasteiger partial charge in [0.1, 0.15) is 5.82 Å². The molecule has 0 fully saturated rings. The van der Waals surface area contributed by atoms with Crippen molar-refractivity contribution >= 4 is 10.8 Å². The lowest BCUT2D eigenvalue weighted by molar-refractivity contribution is 0.992. The van der Waals surface area contributed by atoms with Crippen LogP contribution in [0.25, 0.3) is 44.7 Å². The minimum atomic E-state index is 0.693. The summed E-state index contributed by atoms with van der Waals surface area (Å²) in [7, 11) is 0. The third-order valence-electron chi connectivity index (χ3n) is 4.98. The monoisotopic (exact) mass is 373 g/mol. The number of aryl methyl sites for hydroxylation is 1. The number of nitrogens with zero attached hydrogens (tertiary/aromatic N) is 3.